The quantitative estimate of drug-likeness (QED) is 0.768. The van der Waals surface area contributed by atoms with E-state index in [0.29, 0.717) is 18.3 Å². The molecule has 1 aromatic rings. The average molecular weight is 267 g/mol. The van der Waals surface area contributed by atoms with Crippen molar-refractivity contribution in [1.29, 1.82) is 0 Å². The minimum Gasteiger partial charge on any atom is -0.469 e. The van der Waals surface area contributed by atoms with Gasteiger partial charge in [-0.05, 0) is 42.4 Å². The Labute approximate surface area is 113 Å². The van der Waals surface area contributed by atoms with Crippen molar-refractivity contribution >= 4 is 17.6 Å². The van der Waals surface area contributed by atoms with E-state index in [4.69, 9.17) is 16.3 Å². The van der Waals surface area contributed by atoms with Gasteiger partial charge < -0.3 is 4.74 Å². The SMILES string of the molecule is COC(=O)CC1CCCCC1c1cccc(Cl)c1. The van der Waals surface area contributed by atoms with Crippen LogP contribution in [-0.4, -0.2) is 13.1 Å². The summed E-state index contributed by atoms with van der Waals surface area (Å²) in [5.41, 5.74) is 1.26. The van der Waals surface area contributed by atoms with Crippen LogP contribution in [0.15, 0.2) is 24.3 Å². The number of rotatable bonds is 3. The van der Waals surface area contributed by atoms with Crippen molar-refractivity contribution in [3.63, 3.8) is 0 Å². The third kappa shape index (κ3) is 3.26. The maximum absolute atomic E-state index is 11.5. The lowest BCUT2D eigenvalue weighted by molar-refractivity contribution is -0.142. The molecular weight excluding hydrogens is 248 g/mol. The van der Waals surface area contributed by atoms with E-state index in [-0.39, 0.29) is 5.97 Å². The fourth-order valence-corrected chi connectivity index (χ4v) is 3.12. The molecule has 3 heteroatoms. The number of halogens is 1. The molecule has 0 aromatic heterocycles. The number of methoxy groups -OCH3 is 1. The number of benzene rings is 1. The highest BCUT2D eigenvalue weighted by Gasteiger charge is 2.28. The van der Waals surface area contributed by atoms with E-state index >= 15 is 0 Å². The molecule has 0 radical (unpaired) electrons. The predicted octanol–water partition coefficient (Wildman–Crippen LogP) is 4.18. The normalized spacial score (nSPS) is 23.7. The first-order valence-electron chi connectivity index (χ1n) is 6.53. The molecule has 0 bridgehead atoms. The standard InChI is InChI=1S/C15H19ClO2/c1-18-15(17)10-12-5-2-3-8-14(12)11-6-4-7-13(16)9-11/h4,6-7,9,12,14H,2-3,5,8,10H2,1H3. The number of esters is 1. The molecule has 2 nitrogen and oxygen atoms in total. The molecule has 2 rings (SSSR count). The van der Waals surface area contributed by atoms with E-state index in [1.54, 1.807) is 0 Å². The van der Waals surface area contributed by atoms with Crippen molar-refractivity contribution in [3.05, 3.63) is 34.9 Å². The van der Waals surface area contributed by atoms with Gasteiger partial charge in [0.15, 0.2) is 0 Å². The molecule has 0 heterocycles. The number of carbonyl (C=O) groups excluding carboxylic acids is 1. The zero-order valence-electron chi connectivity index (χ0n) is 10.7. The summed E-state index contributed by atoms with van der Waals surface area (Å²) in [7, 11) is 1.46. The molecule has 1 aromatic carbocycles. The zero-order chi connectivity index (χ0) is 13.0. The summed E-state index contributed by atoms with van der Waals surface area (Å²) in [6, 6.07) is 8.03. The van der Waals surface area contributed by atoms with Gasteiger partial charge in [0.2, 0.25) is 0 Å². The predicted molar refractivity (Wildman–Crippen MR) is 72.8 cm³/mol. The van der Waals surface area contributed by atoms with E-state index in [2.05, 4.69) is 6.07 Å². The number of ether oxygens (including phenoxy) is 1. The van der Waals surface area contributed by atoms with Crippen LogP contribution >= 0.6 is 11.6 Å². The van der Waals surface area contributed by atoms with Crippen molar-refractivity contribution in [2.75, 3.05) is 7.11 Å². The Balaban J connectivity index is 2.14. The van der Waals surface area contributed by atoms with Crippen LogP contribution in [0.5, 0.6) is 0 Å². The molecular formula is C15H19ClO2. The van der Waals surface area contributed by atoms with E-state index < -0.39 is 0 Å². The van der Waals surface area contributed by atoms with Crippen molar-refractivity contribution in [2.45, 2.75) is 38.0 Å². The van der Waals surface area contributed by atoms with E-state index in [1.807, 2.05) is 18.2 Å². The second kappa shape index (κ2) is 6.24. The lowest BCUT2D eigenvalue weighted by Crippen LogP contribution is -2.21. The fraction of sp³-hybridized carbons (Fsp3) is 0.533. The largest absolute Gasteiger partial charge is 0.469 e. The van der Waals surface area contributed by atoms with Crippen LogP contribution in [-0.2, 0) is 9.53 Å². The van der Waals surface area contributed by atoms with Crippen molar-refractivity contribution < 1.29 is 9.53 Å². The molecule has 0 spiro atoms. The van der Waals surface area contributed by atoms with Gasteiger partial charge in [-0.1, -0.05) is 36.6 Å². The van der Waals surface area contributed by atoms with Crippen molar-refractivity contribution in [2.24, 2.45) is 5.92 Å². The first-order valence-corrected chi connectivity index (χ1v) is 6.91. The summed E-state index contributed by atoms with van der Waals surface area (Å²) in [6.45, 7) is 0. The lowest BCUT2D eigenvalue weighted by atomic mass is 9.74. The molecule has 0 amide bonds. The molecule has 0 saturated heterocycles. The van der Waals surface area contributed by atoms with Gasteiger partial charge in [0.05, 0.1) is 7.11 Å². The molecule has 1 aliphatic rings. The van der Waals surface area contributed by atoms with Crippen LogP contribution in [0.3, 0.4) is 0 Å². The third-order valence-corrected chi connectivity index (χ3v) is 4.08. The molecule has 0 N–H and O–H groups in total. The van der Waals surface area contributed by atoms with E-state index in [1.165, 1.54) is 25.5 Å². The van der Waals surface area contributed by atoms with Gasteiger partial charge >= 0.3 is 5.97 Å². The number of hydrogen-bond donors (Lipinski definition) is 0. The van der Waals surface area contributed by atoms with Crippen LogP contribution in [0.1, 0.15) is 43.6 Å². The topological polar surface area (TPSA) is 26.3 Å². The lowest BCUT2D eigenvalue weighted by Gasteiger charge is -2.31. The molecule has 2 unspecified atom stereocenters. The second-order valence-corrected chi connectivity index (χ2v) is 5.42. The Morgan fingerprint density at radius 3 is 2.89 bits per heavy atom. The van der Waals surface area contributed by atoms with Crippen LogP contribution in [0.4, 0.5) is 0 Å². The van der Waals surface area contributed by atoms with Gasteiger partial charge in [-0.2, -0.15) is 0 Å². The summed E-state index contributed by atoms with van der Waals surface area (Å²) >= 11 is 6.05. The maximum Gasteiger partial charge on any atom is 0.305 e. The molecule has 1 saturated carbocycles. The molecule has 0 aliphatic heterocycles. The molecule has 18 heavy (non-hydrogen) atoms. The first-order chi connectivity index (χ1) is 8.70. The summed E-state index contributed by atoms with van der Waals surface area (Å²) in [5, 5.41) is 0.773. The van der Waals surface area contributed by atoms with Gasteiger partial charge in [-0.25, -0.2) is 0 Å². The van der Waals surface area contributed by atoms with Crippen LogP contribution < -0.4 is 0 Å². The van der Waals surface area contributed by atoms with Crippen molar-refractivity contribution in [3.8, 4) is 0 Å². The van der Waals surface area contributed by atoms with Gasteiger partial charge in [-0.3, -0.25) is 4.79 Å². The smallest absolute Gasteiger partial charge is 0.305 e. The van der Waals surface area contributed by atoms with Crippen LogP contribution in [0, 0.1) is 5.92 Å². The molecule has 1 fully saturated rings. The Morgan fingerprint density at radius 2 is 2.17 bits per heavy atom. The fourth-order valence-electron chi connectivity index (χ4n) is 2.93. The number of carbonyl (C=O) groups is 1. The minimum atomic E-state index is -0.103. The highest BCUT2D eigenvalue weighted by molar-refractivity contribution is 6.30. The second-order valence-electron chi connectivity index (χ2n) is 4.99. The molecule has 98 valence electrons. The summed E-state index contributed by atoms with van der Waals surface area (Å²) in [4.78, 5) is 11.5. The number of hydrogen-bond acceptors (Lipinski definition) is 2. The molecule has 1 aliphatic carbocycles. The third-order valence-electron chi connectivity index (χ3n) is 3.84. The van der Waals surface area contributed by atoms with Gasteiger partial charge in [-0.15, -0.1) is 0 Å². The van der Waals surface area contributed by atoms with E-state index in [9.17, 15) is 4.79 Å². The highest BCUT2D eigenvalue weighted by Crippen LogP contribution is 2.40. The Morgan fingerprint density at radius 1 is 1.39 bits per heavy atom. The first kappa shape index (κ1) is 13.4. The Bertz CT molecular complexity index is 417. The zero-order valence-corrected chi connectivity index (χ0v) is 11.5. The van der Waals surface area contributed by atoms with Gasteiger partial charge in [0, 0.05) is 11.4 Å². The summed E-state index contributed by atoms with van der Waals surface area (Å²) in [5.74, 6) is 0.732. The Hall–Kier alpha value is -1.02. The van der Waals surface area contributed by atoms with Crippen LogP contribution in [0.25, 0.3) is 0 Å². The summed E-state index contributed by atoms with van der Waals surface area (Å²) < 4.78 is 4.80. The molecule has 2 atom stereocenters. The highest BCUT2D eigenvalue weighted by atomic mass is 35.5. The van der Waals surface area contributed by atoms with Gasteiger partial charge in [0.25, 0.3) is 0 Å². The summed E-state index contributed by atoms with van der Waals surface area (Å²) in [6.07, 6.45) is 5.20. The average Bonchev–Trinajstić information content (AvgIpc) is 2.39. The van der Waals surface area contributed by atoms with Crippen molar-refractivity contribution in [1.82, 2.24) is 0 Å². The monoisotopic (exact) mass is 266 g/mol. The van der Waals surface area contributed by atoms with E-state index in [0.717, 1.165) is 17.9 Å². The minimum absolute atomic E-state index is 0.103. The van der Waals surface area contributed by atoms with Gasteiger partial charge in [0.1, 0.15) is 0 Å². The Kier molecular flexibility index (Phi) is 4.65. The van der Waals surface area contributed by atoms with Crippen LogP contribution in [0.2, 0.25) is 5.02 Å². The maximum atomic E-state index is 11.5.